The SMILES string of the molecule is CN(C)[C@H]1CC(C)(C)[C@@H]2C[C@](C)(O)CC[C@@]12CCC(=O)NCc1cccnc1. The van der Waals surface area contributed by atoms with E-state index < -0.39 is 5.60 Å². The van der Waals surface area contributed by atoms with Crippen LogP contribution in [0.1, 0.15) is 64.9 Å². The van der Waals surface area contributed by atoms with Crippen molar-refractivity contribution in [2.75, 3.05) is 14.1 Å². The van der Waals surface area contributed by atoms with E-state index in [4.69, 9.17) is 0 Å². The van der Waals surface area contributed by atoms with Crippen molar-refractivity contribution in [3.05, 3.63) is 30.1 Å². The van der Waals surface area contributed by atoms with Crippen LogP contribution in [-0.4, -0.2) is 46.6 Å². The summed E-state index contributed by atoms with van der Waals surface area (Å²) in [5.41, 5.74) is 0.704. The lowest BCUT2D eigenvalue weighted by Crippen LogP contribution is -2.51. The Morgan fingerprint density at radius 1 is 1.29 bits per heavy atom. The van der Waals surface area contributed by atoms with Gasteiger partial charge in [-0.15, -0.1) is 0 Å². The average Bonchev–Trinajstić information content (AvgIpc) is 2.86. The van der Waals surface area contributed by atoms with Gasteiger partial charge in [0.15, 0.2) is 0 Å². The van der Waals surface area contributed by atoms with Gasteiger partial charge in [0.05, 0.1) is 5.60 Å². The number of aliphatic hydroxyl groups is 1. The second-order valence-corrected chi connectivity index (χ2v) is 10.3. The summed E-state index contributed by atoms with van der Waals surface area (Å²) in [7, 11) is 4.33. The van der Waals surface area contributed by atoms with Gasteiger partial charge in [-0.1, -0.05) is 19.9 Å². The molecule has 1 amide bonds. The van der Waals surface area contributed by atoms with E-state index >= 15 is 0 Å². The third-order valence-corrected chi connectivity index (χ3v) is 7.45. The number of carbonyl (C=O) groups is 1. The highest BCUT2D eigenvalue weighted by molar-refractivity contribution is 5.75. The number of amides is 1. The number of carbonyl (C=O) groups excluding carboxylic acids is 1. The summed E-state index contributed by atoms with van der Waals surface area (Å²) in [5.74, 6) is 0.541. The van der Waals surface area contributed by atoms with Crippen LogP contribution in [0.2, 0.25) is 0 Å². The van der Waals surface area contributed by atoms with Crippen molar-refractivity contribution in [2.45, 2.75) is 77.5 Å². The molecular formula is C23H37N3O2. The number of hydrogen-bond donors (Lipinski definition) is 2. The number of hydrogen-bond acceptors (Lipinski definition) is 4. The van der Waals surface area contributed by atoms with Gasteiger partial charge >= 0.3 is 0 Å². The molecule has 1 aromatic rings. The number of fused-ring (bicyclic) bond motifs is 1. The Labute approximate surface area is 169 Å². The first-order valence-corrected chi connectivity index (χ1v) is 10.6. The van der Waals surface area contributed by atoms with Crippen molar-refractivity contribution in [1.82, 2.24) is 15.2 Å². The molecule has 5 nitrogen and oxygen atoms in total. The van der Waals surface area contributed by atoms with Gasteiger partial charge in [0, 0.05) is 31.4 Å². The van der Waals surface area contributed by atoms with Crippen LogP contribution in [0, 0.1) is 16.7 Å². The largest absolute Gasteiger partial charge is 0.390 e. The smallest absolute Gasteiger partial charge is 0.220 e. The lowest BCUT2D eigenvalue weighted by Gasteiger charge is -2.51. The molecule has 2 saturated carbocycles. The molecule has 1 heterocycles. The zero-order chi connectivity index (χ0) is 20.6. The van der Waals surface area contributed by atoms with Gasteiger partial charge in [-0.05, 0) is 81.5 Å². The zero-order valence-corrected chi connectivity index (χ0v) is 18.2. The quantitative estimate of drug-likeness (QED) is 0.785. The minimum absolute atomic E-state index is 0.0981. The number of aromatic nitrogens is 1. The Kier molecular flexibility index (Phi) is 5.88. The van der Waals surface area contributed by atoms with E-state index in [9.17, 15) is 9.90 Å². The van der Waals surface area contributed by atoms with E-state index in [1.807, 2.05) is 19.1 Å². The first-order chi connectivity index (χ1) is 13.1. The Balaban J connectivity index is 1.71. The van der Waals surface area contributed by atoms with E-state index in [1.165, 1.54) is 0 Å². The van der Waals surface area contributed by atoms with Crippen LogP contribution < -0.4 is 5.32 Å². The minimum Gasteiger partial charge on any atom is -0.390 e. The van der Waals surface area contributed by atoms with Gasteiger partial charge in [0.25, 0.3) is 0 Å². The Bertz CT molecular complexity index is 686. The maximum Gasteiger partial charge on any atom is 0.220 e. The normalized spacial score (nSPS) is 34.2. The molecule has 2 aliphatic carbocycles. The van der Waals surface area contributed by atoms with Gasteiger partial charge in [-0.25, -0.2) is 0 Å². The van der Waals surface area contributed by atoms with Crippen LogP contribution in [0.25, 0.3) is 0 Å². The van der Waals surface area contributed by atoms with Gasteiger partial charge in [0.1, 0.15) is 0 Å². The Hall–Kier alpha value is -1.46. The molecule has 2 fully saturated rings. The molecule has 2 aliphatic rings. The van der Waals surface area contributed by atoms with Crippen molar-refractivity contribution in [1.29, 1.82) is 0 Å². The fourth-order valence-corrected chi connectivity index (χ4v) is 6.02. The summed E-state index contributed by atoms with van der Waals surface area (Å²) in [6.45, 7) is 7.20. The topological polar surface area (TPSA) is 65.5 Å². The molecule has 156 valence electrons. The zero-order valence-electron chi connectivity index (χ0n) is 18.2. The second-order valence-electron chi connectivity index (χ2n) is 10.3. The number of nitrogens with zero attached hydrogens (tertiary/aromatic N) is 2. The molecule has 0 saturated heterocycles. The van der Waals surface area contributed by atoms with E-state index in [-0.39, 0.29) is 16.7 Å². The van der Waals surface area contributed by atoms with Crippen LogP contribution in [-0.2, 0) is 11.3 Å². The van der Waals surface area contributed by atoms with E-state index in [1.54, 1.807) is 12.4 Å². The predicted molar refractivity (Wildman–Crippen MR) is 112 cm³/mol. The maximum absolute atomic E-state index is 12.6. The molecule has 0 aliphatic heterocycles. The summed E-state index contributed by atoms with van der Waals surface area (Å²) in [6, 6.07) is 4.32. The molecule has 28 heavy (non-hydrogen) atoms. The second kappa shape index (κ2) is 7.75. The van der Waals surface area contributed by atoms with Crippen molar-refractivity contribution < 1.29 is 9.90 Å². The van der Waals surface area contributed by atoms with Gasteiger partial charge in [0.2, 0.25) is 5.91 Å². The molecule has 0 radical (unpaired) electrons. The molecule has 0 spiro atoms. The van der Waals surface area contributed by atoms with E-state index in [0.717, 1.165) is 37.7 Å². The van der Waals surface area contributed by atoms with E-state index in [2.05, 4.69) is 43.1 Å². The summed E-state index contributed by atoms with van der Waals surface area (Å²) in [4.78, 5) is 19.1. The van der Waals surface area contributed by atoms with Crippen LogP contribution >= 0.6 is 0 Å². The molecule has 0 bridgehead atoms. The van der Waals surface area contributed by atoms with Crippen LogP contribution in [0.3, 0.4) is 0 Å². The van der Waals surface area contributed by atoms with Gasteiger partial charge < -0.3 is 15.3 Å². The molecule has 1 aromatic heterocycles. The lowest BCUT2D eigenvalue weighted by atomic mass is 9.57. The van der Waals surface area contributed by atoms with Crippen LogP contribution in [0.4, 0.5) is 0 Å². The standard InChI is InChI=1S/C23H37N3O2/c1-21(2)14-19(26(4)5)23(11-10-22(3,28)13-18(21)23)9-8-20(27)25-16-17-7-6-12-24-15-17/h6-7,12,15,18-19,28H,8-11,13-14,16H2,1-5H3,(H,25,27)/t18-,19-,22+,23+/m0/s1. The average molecular weight is 388 g/mol. The van der Waals surface area contributed by atoms with Crippen molar-refractivity contribution in [3.8, 4) is 0 Å². The molecule has 0 aromatic carbocycles. The highest BCUT2D eigenvalue weighted by Gasteiger charge is 2.61. The van der Waals surface area contributed by atoms with Crippen molar-refractivity contribution in [2.24, 2.45) is 16.7 Å². The minimum atomic E-state index is -0.588. The van der Waals surface area contributed by atoms with Crippen LogP contribution in [0.5, 0.6) is 0 Å². The number of rotatable bonds is 6. The molecule has 2 N–H and O–H groups in total. The summed E-state index contributed by atoms with van der Waals surface area (Å²) in [5, 5.41) is 13.8. The van der Waals surface area contributed by atoms with Crippen LogP contribution in [0.15, 0.2) is 24.5 Å². The Morgan fingerprint density at radius 3 is 2.68 bits per heavy atom. The predicted octanol–water partition coefficient (Wildman–Crippen LogP) is 3.38. The van der Waals surface area contributed by atoms with Crippen molar-refractivity contribution >= 4 is 5.91 Å². The molecule has 0 unspecified atom stereocenters. The summed E-state index contributed by atoms with van der Waals surface area (Å²) < 4.78 is 0. The highest BCUT2D eigenvalue weighted by atomic mass is 16.3. The van der Waals surface area contributed by atoms with Crippen molar-refractivity contribution in [3.63, 3.8) is 0 Å². The fraction of sp³-hybridized carbons (Fsp3) is 0.739. The maximum atomic E-state index is 12.6. The Morgan fingerprint density at radius 2 is 2.04 bits per heavy atom. The third kappa shape index (κ3) is 4.25. The first-order valence-electron chi connectivity index (χ1n) is 10.6. The molecule has 3 rings (SSSR count). The first kappa shape index (κ1) is 21.3. The third-order valence-electron chi connectivity index (χ3n) is 7.45. The fourth-order valence-electron chi connectivity index (χ4n) is 6.02. The lowest BCUT2D eigenvalue weighted by molar-refractivity contribution is -0.124. The molecular weight excluding hydrogens is 350 g/mol. The highest BCUT2D eigenvalue weighted by Crippen LogP contribution is 2.64. The summed E-state index contributed by atoms with van der Waals surface area (Å²) in [6.07, 6.45) is 8.73. The summed E-state index contributed by atoms with van der Waals surface area (Å²) >= 11 is 0. The number of pyridine rings is 1. The van der Waals surface area contributed by atoms with Gasteiger partial charge in [-0.3, -0.25) is 9.78 Å². The monoisotopic (exact) mass is 387 g/mol. The molecule has 4 atom stereocenters. The number of nitrogens with one attached hydrogen (secondary N) is 1. The van der Waals surface area contributed by atoms with Gasteiger partial charge in [-0.2, -0.15) is 0 Å². The van der Waals surface area contributed by atoms with E-state index in [0.29, 0.717) is 24.9 Å². The molecule has 5 heteroatoms.